The summed E-state index contributed by atoms with van der Waals surface area (Å²) >= 11 is 0. The molecule has 1 aliphatic rings. The maximum atomic E-state index is 3.75. The average Bonchev–Trinajstić information content (AvgIpc) is 2.48. The second-order valence-corrected chi connectivity index (χ2v) is 6.39. The van der Waals surface area contributed by atoms with E-state index in [9.17, 15) is 0 Å². The summed E-state index contributed by atoms with van der Waals surface area (Å²) < 4.78 is 0. The van der Waals surface area contributed by atoms with E-state index in [-0.39, 0.29) is 0 Å². The van der Waals surface area contributed by atoms with Crippen molar-refractivity contribution >= 4 is 0 Å². The van der Waals surface area contributed by atoms with E-state index in [0.29, 0.717) is 18.0 Å². The third-order valence-electron chi connectivity index (χ3n) is 4.48. The molecular formula is C18H30N2. The lowest BCUT2D eigenvalue weighted by Crippen LogP contribution is -2.54. The summed E-state index contributed by atoms with van der Waals surface area (Å²) in [7, 11) is 0. The molecule has 0 saturated carbocycles. The summed E-state index contributed by atoms with van der Waals surface area (Å²) in [5.74, 6) is 0.709. The van der Waals surface area contributed by atoms with E-state index in [2.05, 4.69) is 61.3 Å². The van der Waals surface area contributed by atoms with E-state index in [0.717, 1.165) is 6.54 Å². The highest BCUT2D eigenvalue weighted by atomic mass is 15.2. The molecule has 112 valence electrons. The van der Waals surface area contributed by atoms with E-state index in [1.165, 1.54) is 37.9 Å². The number of rotatable bonds is 6. The number of nitrogens with one attached hydrogen (secondary N) is 1. The Morgan fingerprint density at radius 2 is 1.95 bits per heavy atom. The summed E-state index contributed by atoms with van der Waals surface area (Å²) in [6, 6.07) is 12.2. The lowest BCUT2D eigenvalue weighted by Gasteiger charge is -2.42. The predicted octanol–water partition coefficient (Wildman–Crippen LogP) is 3.85. The van der Waals surface area contributed by atoms with Crippen LogP contribution in [-0.4, -0.2) is 30.6 Å². The standard InChI is InChI=1S/C18H30N2/c1-4-5-9-12-20-14-17(15(2)3)19-13-18(20)16-10-7-6-8-11-16/h6-8,10-11,15,17-19H,4-5,9,12-14H2,1-3H3. The normalized spacial score (nSPS) is 24.2. The molecule has 1 fully saturated rings. The molecule has 0 spiro atoms. The van der Waals surface area contributed by atoms with Gasteiger partial charge in [-0.3, -0.25) is 4.90 Å². The molecule has 2 unspecified atom stereocenters. The SMILES string of the molecule is CCCCCN1CC(C(C)C)NCC1c1ccccc1. The van der Waals surface area contributed by atoms with Gasteiger partial charge >= 0.3 is 0 Å². The minimum atomic E-state index is 0.544. The van der Waals surface area contributed by atoms with Gasteiger partial charge in [0.2, 0.25) is 0 Å². The van der Waals surface area contributed by atoms with Crippen molar-refractivity contribution in [2.75, 3.05) is 19.6 Å². The largest absolute Gasteiger partial charge is 0.311 e. The van der Waals surface area contributed by atoms with Gasteiger partial charge in [-0.2, -0.15) is 0 Å². The Morgan fingerprint density at radius 3 is 2.60 bits per heavy atom. The first-order chi connectivity index (χ1) is 9.72. The minimum absolute atomic E-state index is 0.544. The van der Waals surface area contributed by atoms with Crippen molar-refractivity contribution in [1.82, 2.24) is 10.2 Å². The van der Waals surface area contributed by atoms with Crippen LogP contribution in [0, 0.1) is 5.92 Å². The smallest absolute Gasteiger partial charge is 0.0473 e. The van der Waals surface area contributed by atoms with Crippen molar-refractivity contribution in [3.05, 3.63) is 35.9 Å². The van der Waals surface area contributed by atoms with E-state index >= 15 is 0 Å². The Hall–Kier alpha value is -0.860. The molecule has 0 aliphatic carbocycles. The maximum absolute atomic E-state index is 3.75. The van der Waals surface area contributed by atoms with Crippen molar-refractivity contribution in [2.45, 2.75) is 52.1 Å². The van der Waals surface area contributed by atoms with Crippen LogP contribution in [0.4, 0.5) is 0 Å². The second-order valence-electron chi connectivity index (χ2n) is 6.39. The summed E-state index contributed by atoms with van der Waals surface area (Å²) in [6.07, 6.45) is 3.97. The Balaban J connectivity index is 2.04. The fraction of sp³-hybridized carbons (Fsp3) is 0.667. The lowest BCUT2D eigenvalue weighted by molar-refractivity contribution is 0.111. The van der Waals surface area contributed by atoms with Gasteiger partial charge in [0.05, 0.1) is 0 Å². The monoisotopic (exact) mass is 274 g/mol. The van der Waals surface area contributed by atoms with Gasteiger partial charge in [0.15, 0.2) is 0 Å². The van der Waals surface area contributed by atoms with Gasteiger partial charge in [-0.1, -0.05) is 63.9 Å². The van der Waals surface area contributed by atoms with E-state index in [1.807, 2.05) is 0 Å². The van der Waals surface area contributed by atoms with E-state index in [1.54, 1.807) is 0 Å². The highest BCUT2D eigenvalue weighted by Crippen LogP contribution is 2.25. The van der Waals surface area contributed by atoms with Crippen molar-refractivity contribution in [3.63, 3.8) is 0 Å². The van der Waals surface area contributed by atoms with Crippen LogP contribution in [0.2, 0.25) is 0 Å². The van der Waals surface area contributed by atoms with E-state index in [4.69, 9.17) is 0 Å². The van der Waals surface area contributed by atoms with Crippen LogP contribution in [0.25, 0.3) is 0 Å². The zero-order valence-corrected chi connectivity index (χ0v) is 13.3. The zero-order valence-electron chi connectivity index (χ0n) is 13.3. The third-order valence-corrected chi connectivity index (χ3v) is 4.48. The first-order valence-electron chi connectivity index (χ1n) is 8.24. The molecule has 1 aromatic carbocycles. The van der Waals surface area contributed by atoms with E-state index < -0.39 is 0 Å². The summed E-state index contributed by atoms with van der Waals surface area (Å²) in [6.45, 7) is 10.4. The van der Waals surface area contributed by atoms with Gasteiger partial charge in [-0.25, -0.2) is 0 Å². The maximum Gasteiger partial charge on any atom is 0.0473 e. The van der Waals surface area contributed by atoms with Crippen LogP contribution in [0.1, 0.15) is 51.6 Å². The lowest BCUT2D eigenvalue weighted by atomic mass is 9.95. The van der Waals surface area contributed by atoms with Crippen molar-refractivity contribution in [1.29, 1.82) is 0 Å². The number of hydrogen-bond donors (Lipinski definition) is 1. The van der Waals surface area contributed by atoms with Crippen LogP contribution >= 0.6 is 0 Å². The highest BCUT2D eigenvalue weighted by molar-refractivity contribution is 5.20. The number of benzene rings is 1. The summed E-state index contributed by atoms with van der Waals surface area (Å²) in [5.41, 5.74) is 1.46. The molecule has 1 heterocycles. The highest BCUT2D eigenvalue weighted by Gasteiger charge is 2.29. The van der Waals surface area contributed by atoms with Crippen molar-refractivity contribution in [2.24, 2.45) is 5.92 Å². The van der Waals surface area contributed by atoms with Gasteiger partial charge < -0.3 is 5.32 Å². The molecule has 0 radical (unpaired) electrons. The Labute approximate surface area is 124 Å². The molecule has 2 atom stereocenters. The molecule has 0 aromatic heterocycles. The number of nitrogens with zero attached hydrogens (tertiary/aromatic N) is 1. The average molecular weight is 274 g/mol. The predicted molar refractivity (Wildman–Crippen MR) is 86.9 cm³/mol. The Morgan fingerprint density at radius 1 is 1.20 bits per heavy atom. The van der Waals surface area contributed by atoms with Crippen molar-refractivity contribution < 1.29 is 0 Å². The molecule has 2 nitrogen and oxygen atoms in total. The molecule has 0 amide bonds. The molecule has 2 rings (SSSR count). The molecule has 20 heavy (non-hydrogen) atoms. The minimum Gasteiger partial charge on any atom is -0.311 e. The fourth-order valence-corrected chi connectivity index (χ4v) is 3.10. The number of hydrogen-bond acceptors (Lipinski definition) is 2. The van der Waals surface area contributed by atoms with Gasteiger partial charge in [-0.05, 0) is 24.4 Å². The molecule has 1 aliphatic heterocycles. The van der Waals surface area contributed by atoms with Crippen LogP contribution in [0.5, 0.6) is 0 Å². The van der Waals surface area contributed by atoms with Crippen LogP contribution < -0.4 is 5.32 Å². The summed E-state index contributed by atoms with van der Waals surface area (Å²) in [5, 5.41) is 3.75. The molecule has 1 N–H and O–H groups in total. The zero-order chi connectivity index (χ0) is 14.4. The quantitative estimate of drug-likeness (QED) is 0.793. The van der Waals surface area contributed by atoms with Gasteiger partial charge in [-0.15, -0.1) is 0 Å². The molecule has 0 bridgehead atoms. The third kappa shape index (κ3) is 4.07. The van der Waals surface area contributed by atoms with Gasteiger partial charge in [0.25, 0.3) is 0 Å². The first kappa shape index (κ1) is 15.5. The van der Waals surface area contributed by atoms with Gasteiger partial charge in [0.1, 0.15) is 0 Å². The molecule has 1 aromatic rings. The van der Waals surface area contributed by atoms with Crippen molar-refractivity contribution in [3.8, 4) is 0 Å². The van der Waals surface area contributed by atoms with Crippen LogP contribution in [-0.2, 0) is 0 Å². The Kier molecular flexibility index (Phi) is 6.06. The second kappa shape index (κ2) is 7.80. The fourth-order valence-electron chi connectivity index (χ4n) is 3.10. The molecule has 2 heteroatoms. The van der Waals surface area contributed by atoms with Crippen LogP contribution in [0.15, 0.2) is 30.3 Å². The topological polar surface area (TPSA) is 15.3 Å². The molecular weight excluding hydrogens is 244 g/mol. The van der Waals surface area contributed by atoms with Crippen LogP contribution in [0.3, 0.4) is 0 Å². The number of piperazine rings is 1. The first-order valence-corrected chi connectivity index (χ1v) is 8.24. The Bertz CT molecular complexity index is 374. The number of unbranched alkanes of at least 4 members (excludes halogenated alkanes) is 2. The molecule has 1 saturated heterocycles. The summed E-state index contributed by atoms with van der Waals surface area (Å²) in [4.78, 5) is 2.70. The van der Waals surface area contributed by atoms with Gasteiger partial charge in [0, 0.05) is 25.2 Å².